The van der Waals surface area contributed by atoms with E-state index in [-0.39, 0.29) is 28.2 Å². The summed E-state index contributed by atoms with van der Waals surface area (Å²) < 4.78 is 18.9. The summed E-state index contributed by atoms with van der Waals surface area (Å²) in [6.07, 6.45) is 1.65. The van der Waals surface area contributed by atoms with Gasteiger partial charge in [0, 0.05) is 37.8 Å². The molecule has 6 heteroatoms. The molecule has 0 bridgehead atoms. The lowest BCUT2D eigenvalue weighted by molar-refractivity contribution is 0.0881. The van der Waals surface area contributed by atoms with Crippen molar-refractivity contribution in [2.45, 2.75) is 32.4 Å². The van der Waals surface area contributed by atoms with Crippen molar-refractivity contribution >= 4 is 16.9 Å². The molecule has 1 aliphatic rings. The third kappa shape index (κ3) is 4.54. The number of hydrogen-bond donors (Lipinski definition) is 1. The molecule has 29 heavy (non-hydrogen) atoms. The summed E-state index contributed by atoms with van der Waals surface area (Å²) in [5.41, 5.74) is 2.25. The fourth-order valence-electron chi connectivity index (χ4n) is 3.68. The Morgan fingerprint density at radius 2 is 1.86 bits per heavy atom. The van der Waals surface area contributed by atoms with E-state index in [2.05, 4.69) is 41.4 Å². The molecule has 1 aromatic heterocycles. The van der Waals surface area contributed by atoms with E-state index in [1.54, 1.807) is 0 Å². The van der Waals surface area contributed by atoms with E-state index in [1.807, 2.05) is 0 Å². The van der Waals surface area contributed by atoms with Crippen LogP contribution in [0.1, 0.15) is 34.5 Å². The van der Waals surface area contributed by atoms with Gasteiger partial charge in [-0.1, -0.05) is 29.8 Å². The maximum Gasteiger partial charge on any atom is 0.287 e. The van der Waals surface area contributed by atoms with Gasteiger partial charge in [0.1, 0.15) is 11.4 Å². The first-order valence-corrected chi connectivity index (χ1v) is 9.80. The monoisotopic (exact) mass is 394 g/mol. The molecule has 150 valence electrons. The molecule has 4 rings (SSSR count). The van der Waals surface area contributed by atoms with Gasteiger partial charge in [-0.15, -0.1) is 0 Å². The number of halogens is 1. The van der Waals surface area contributed by atoms with Crippen molar-refractivity contribution in [1.82, 2.24) is 10.2 Å². The van der Waals surface area contributed by atoms with Gasteiger partial charge in [0.15, 0.2) is 11.2 Å². The fourth-order valence-corrected chi connectivity index (χ4v) is 3.68. The zero-order valence-corrected chi connectivity index (χ0v) is 16.3. The number of hydrogen-bond acceptors (Lipinski definition) is 4. The molecular weight excluding hydrogens is 371 g/mol. The molecule has 1 N–H and O–H groups in total. The number of fused-ring (bicyclic) bond motifs is 1. The molecule has 0 atom stereocenters. The van der Waals surface area contributed by atoms with Gasteiger partial charge in [-0.2, -0.15) is 0 Å². The Hall–Kier alpha value is -2.99. The Morgan fingerprint density at radius 1 is 1.14 bits per heavy atom. The third-order valence-corrected chi connectivity index (χ3v) is 5.36. The van der Waals surface area contributed by atoms with Crippen LogP contribution in [0.2, 0.25) is 0 Å². The molecule has 0 unspecified atom stereocenters. The molecule has 3 aromatic rings. The fraction of sp³-hybridized carbons (Fsp3) is 0.304. The SMILES string of the molecule is Cc1ccc(CN2CCC(NC(=O)c3cc(=O)c4ccc(F)cc4o3)CC2)cc1. The van der Waals surface area contributed by atoms with Gasteiger partial charge in [-0.05, 0) is 37.5 Å². The molecule has 0 radical (unpaired) electrons. The molecule has 0 aliphatic carbocycles. The topological polar surface area (TPSA) is 62.6 Å². The highest BCUT2D eigenvalue weighted by Crippen LogP contribution is 2.17. The minimum Gasteiger partial charge on any atom is -0.451 e. The Labute approximate surface area is 168 Å². The number of aryl methyl sites for hydroxylation is 1. The van der Waals surface area contributed by atoms with E-state index in [0.29, 0.717) is 0 Å². The minimum absolute atomic E-state index is 0.0188. The molecule has 1 amide bonds. The number of nitrogens with zero attached hydrogens (tertiary/aromatic N) is 1. The molecular formula is C23H23FN2O3. The van der Waals surface area contributed by atoms with Gasteiger partial charge in [0.2, 0.25) is 0 Å². The van der Waals surface area contributed by atoms with Crippen LogP contribution in [0.5, 0.6) is 0 Å². The quantitative estimate of drug-likeness (QED) is 0.734. The van der Waals surface area contributed by atoms with Crippen LogP contribution in [0.25, 0.3) is 11.0 Å². The van der Waals surface area contributed by atoms with Gasteiger partial charge in [-0.25, -0.2) is 4.39 Å². The molecule has 1 aliphatic heterocycles. The van der Waals surface area contributed by atoms with Crippen LogP contribution < -0.4 is 10.7 Å². The number of amides is 1. The second-order valence-corrected chi connectivity index (χ2v) is 7.62. The Morgan fingerprint density at radius 3 is 2.59 bits per heavy atom. The Bertz CT molecular complexity index is 1080. The van der Waals surface area contributed by atoms with Crippen molar-refractivity contribution in [2.24, 2.45) is 0 Å². The standard InChI is InChI=1S/C23H23FN2O3/c1-15-2-4-16(5-3-15)14-26-10-8-18(9-11-26)25-23(28)22-13-20(27)19-7-6-17(24)12-21(19)29-22/h2-7,12-13,18H,8-11,14H2,1H3,(H,25,28). The lowest BCUT2D eigenvalue weighted by Gasteiger charge is -2.32. The summed E-state index contributed by atoms with van der Waals surface area (Å²) in [5.74, 6) is -1.04. The molecule has 5 nitrogen and oxygen atoms in total. The zero-order valence-electron chi connectivity index (χ0n) is 16.3. The molecule has 1 fully saturated rings. The van der Waals surface area contributed by atoms with E-state index in [4.69, 9.17) is 4.42 Å². The normalized spacial score (nSPS) is 15.5. The number of benzene rings is 2. The number of rotatable bonds is 4. The maximum absolute atomic E-state index is 13.4. The van der Waals surface area contributed by atoms with Crippen molar-refractivity contribution in [3.63, 3.8) is 0 Å². The van der Waals surface area contributed by atoms with Gasteiger partial charge in [-0.3, -0.25) is 14.5 Å². The van der Waals surface area contributed by atoms with Crippen LogP contribution in [-0.4, -0.2) is 29.9 Å². The summed E-state index contributed by atoms with van der Waals surface area (Å²) in [6.45, 7) is 4.73. The largest absolute Gasteiger partial charge is 0.451 e. The number of carbonyl (C=O) groups is 1. The second-order valence-electron chi connectivity index (χ2n) is 7.62. The molecule has 2 aromatic carbocycles. The molecule has 0 saturated carbocycles. The van der Waals surface area contributed by atoms with Gasteiger partial charge in [0.05, 0.1) is 5.39 Å². The zero-order chi connectivity index (χ0) is 20.4. The van der Waals surface area contributed by atoms with Crippen molar-refractivity contribution in [3.8, 4) is 0 Å². The van der Waals surface area contributed by atoms with Crippen LogP contribution >= 0.6 is 0 Å². The maximum atomic E-state index is 13.4. The summed E-state index contributed by atoms with van der Waals surface area (Å²) in [7, 11) is 0. The van der Waals surface area contributed by atoms with Crippen molar-refractivity contribution < 1.29 is 13.6 Å². The second kappa shape index (κ2) is 8.17. The van der Waals surface area contributed by atoms with E-state index in [9.17, 15) is 14.0 Å². The molecule has 1 saturated heterocycles. The van der Waals surface area contributed by atoms with Crippen LogP contribution in [0, 0.1) is 12.7 Å². The van der Waals surface area contributed by atoms with Crippen molar-refractivity contribution in [2.75, 3.05) is 13.1 Å². The van der Waals surface area contributed by atoms with Crippen molar-refractivity contribution in [1.29, 1.82) is 0 Å². The van der Waals surface area contributed by atoms with Crippen LogP contribution in [0.3, 0.4) is 0 Å². The van der Waals surface area contributed by atoms with Crippen LogP contribution in [0.4, 0.5) is 4.39 Å². The van der Waals surface area contributed by atoms with Gasteiger partial charge >= 0.3 is 0 Å². The van der Waals surface area contributed by atoms with Gasteiger partial charge < -0.3 is 9.73 Å². The summed E-state index contributed by atoms with van der Waals surface area (Å²) in [6, 6.07) is 13.4. The first-order valence-electron chi connectivity index (χ1n) is 9.80. The molecule has 2 heterocycles. The highest BCUT2D eigenvalue weighted by Gasteiger charge is 2.22. The minimum atomic E-state index is -0.515. The third-order valence-electron chi connectivity index (χ3n) is 5.36. The van der Waals surface area contributed by atoms with E-state index in [0.717, 1.165) is 38.5 Å². The Balaban J connectivity index is 1.37. The number of piperidine rings is 1. The van der Waals surface area contributed by atoms with E-state index in [1.165, 1.54) is 29.3 Å². The summed E-state index contributed by atoms with van der Waals surface area (Å²) in [4.78, 5) is 27.1. The number of likely N-dealkylation sites (tertiary alicyclic amines) is 1. The predicted octanol–water partition coefficient (Wildman–Crippen LogP) is 3.63. The average molecular weight is 394 g/mol. The lowest BCUT2D eigenvalue weighted by atomic mass is 10.0. The first kappa shape index (κ1) is 19.3. The van der Waals surface area contributed by atoms with E-state index < -0.39 is 11.7 Å². The average Bonchev–Trinajstić information content (AvgIpc) is 2.70. The van der Waals surface area contributed by atoms with E-state index >= 15 is 0 Å². The van der Waals surface area contributed by atoms with Gasteiger partial charge in [0.25, 0.3) is 5.91 Å². The highest BCUT2D eigenvalue weighted by atomic mass is 19.1. The smallest absolute Gasteiger partial charge is 0.287 e. The lowest BCUT2D eigenvalue weighted by Crippen LogP contribution is -2.44. The Kier molecular flexibility index (Phi) is 5.45. The highest BCUT2D eigenvalue weighted by molar-refractivity contribution is 5.93. The predicted molar refractivity (Wildman–Crippen MR) is 109 cm³/mol. The molecule has 0 spiro atoms. The first-order chi connectivity index (χ1) is 14.0. The van der Waals surface area contributed by atoms with Crippen LogP contribution in [-0.2, 0) is 6.54 Å². The van der Waals surface area contributed by atoms with Crippen molar-refractivity contribution in [3.05, 3.63) is 81.5 Å². The summed E-state index contributed by atoms with van der Waals surface area (Å²) >= 11 is 0. The number of carbonyl (C=O) groups excluding carboxylic acids is 1. The summed E-state index contributed by atoms with van der Waals surface area (Å²) in [5, 5.41) is 3.20. The van der Waals surface area contributed by atoms with Crippen LogP contribution in [0.15, 0.2) is 57.7 Å². The number of nitrogens with one attached hydrogen (secondary N) is 1.